The molecule has 1 spiro atoms. The average Bonchev–Trinajstić information content (AvgIpc) is 3.21. The van der Waals surface area contributed by atoms with Gasteiger partial charge in [0.1, 0.15) is 11.5 Å². The van der Waals surface area contributed by atoms with E-state index in [0.29, 0.717) is 13.2 Å². The van der Waals surface area contributed by atoms with Gasteiger partial charge in [-0.25, -0.2) is 0 Å². The van der Waals surface area contributed by atoms with E-state index in [2.05, 4.69) is 0 Å². The highest BCUT2D eigenvalue weighted by Crippen LogP contribution is 2.52. The number of aryl methyl sites for hydroxylation is 1. The normalized spacial score (nSPS) is 32.6. The van der Waals surface area contributed by atoms with Crippen LogP contribution < -0.4 is 4.90 Å². The minimum absolute atomic E-state index is 0.0519. The van der Waals surface area contributed by atoms with Crippen LogP contribution in [0.4, 0.5) is 5.69 Å². The monoisotopic (exact) mass is 341 g/mol. The Bertz CT molecular complexity index is 756. The van der Waals surface area contributed by atoms with Crippen molar-refractivity contribution in [1.82, 2.24) is 0 Å². The molecule has 2 bridgehead atoms. The lowest BCUT2D eigenvalue weighted by Crippen LogP contribution is -2.40. The van der Waals surface area contributed by atoms with Gasteiger partial charge in [-0.15, -0.1) is 0 Å². The van der Waals surface area contributed by atoms with Crippen LogP contribution in [0, 0.1) is 24.7 Å². The first-order valence-electron chi connectivity index (χ1n) is 8.83. The van der Waals surface area contributed by atoms with Gasteiger partial charge in [-0.3, -0.25) is 9.59 Å². The number of nitrogens with zero attached hydrogens (tertiary/aromatic N) is 1. The van der Waals surface area contributed by atoms with E-state index in [-0.39, 0.29) is 23.9 Å². The maximum atomic E-state index is 13.1. The minimum atomic E-state index is -0.701. The molecular formula is C20H23NO4. The van der Waals surface area contributed by atoms with E-state index >= 15 is 0 Å². The van der Waals surface area contributed by atoms with Gasteiger partial charge >= 0.3 is 5.97 Å². The van der Waals surface area contributed by atoms with Crippen molar-refractivity contribution in [3.63, 3.8) is 0 Å². The Kier molecular flexibility index (Phi) is 3.72. The first-order chi connectivity index (χ1) is 11.9. The molecule has 2 fully saturated rings. The SMILES string of the molecule is Cc1cccc(N2C[C@@]34C=C[C@H](O3)[C@H](C(=O)OCC(C)C)[C@H]4C2=O)c1. The summed E-state index contributed by atoms with van der Waals surface area (Å²) in [6.07, 6.45) is 3.51. The lowest BCUT2D eigenvalue weighted by molar-refractivity contribution is -0.153. The fraction of sp³-hybridized carbons (Fsp3) is 0.500. The fourth-order valence-corrected chi connectivity index (χ4v) is 4.13. The quantitative estimate of drug-likeness (QED) is 0.624. The van der Waals surface area contributed by atoms with Crippen LogP contribution >= 0.6 is 0 Å². The minimum Gasteiger partial charge on any atom is -0.465 e. The van der Waals surface area contributed by atoms with Crippen LogP contribution in [-0.2, 0) is 19.1 Å². The van der Waals surface area contributed by atoms with E-state index < -0.39 is 17.4 Å². The summed E-state index contributed by atoms with van der Waals surface area (Å²) < 4.78 is 11.5. The highest BCUT2D eigenvalue weighted by atomic mass is 16.6. The van der Waals surface area contributed by atoms with E-state index in [0.717, 1.165) is 11.3 Å². The van der Waals surface area contributed by atoms with Crippen LogP contribution in [0.5, 0.6) is 0 Å². The summed E-state index contributed by atoms with van der Waals surface area (Å²) in [7, 11) is 0. The topological polar surface area (TPSA) is 55.8 Å². The van der Waals surface area contributed by atoms with Crippen molar-refractivity contribution in [2.24, 2.45) is 17.8 Å². The van der Waals surface area contributed by atoms with Crippen molar-refractivity contribution >= 4 is 17.6 Å². The Morgan fingerprint density at radius 1 is 1.44 bits per heavy atom. The second-order valence-corrected chi connectivity index (χ2v) is 7.69. The Labute approximate surface area is 147 Å². The van der Waals surface area contributed by atoms with E-state index in [1.54, 1.807) is 4.90 Å². The molecule has 25 heavy (non-hydrogen) atoms. The molecule has 5 nitrogen and oxygen atoms in total. The first kappa shape index (κ1) is 16.3. The molecule has 3 aliphatic heterocycles. The van der Waals surface area contributed by atoms with Gasteiger partial charge < -0.3 is 14.4 Å². The van der Waals surface area contributed by atoms with Crippen LogP contribution in [-0.4, -0.2) is 36.7 Å². The van der Waals surface area contributed by atoms with Gasteiger partial charge in [0.15, 0.2) is 0 Å². The molecule has 0 aliphatic carbocycles. The number of amides is 1. The molecule has 0 aromatic heterocycles. The Balaban J connectivity index is 1.62. The molecule has 1 aromatic carbocycles. The average molecular weight is 341 g/mol. The maximum absolute atomic E-state index is 13.1. The zero-order valence-electron chi connectivity index (χ0n) is 14.8. The van der Waals surface area contributed by atoms with Crippen LogP contribution in [0.3, 0.4) is 0 Å². The van der Waals surface area contributed by atoms with Gasteiger partial charge in [0.05, 0.1) is 25.2 Å². The van der Waals surface area contributed by atoms with Crippen LogP contribution in [0.15, 0.2) is 36.4 Å². The number of rotatable bonds is 4. The zero-order valence-corrected chi connectivity index (χ0v) is 14.8. The van der Waals surface area contributed by atoms with E-state index in [1.165, 1.54) is 0 Å². The first-order valence-corrected chi connectivity index (χ1v) is 8.83. The Morgan fingerprint density at radius 3 is 2.96 bits per heavy atom. The molecule has 5 heteroatoms. The Morgan fingerprint density at radius 2 is 2.24 bits per heavy atom. The fourth-order valence-electron chi connectivity index (χ4n) is 4.13. The van der Waals surface area contributed by atoms with Gasteiger partial charge in [0, 0.05) is 5.69 Å². The number of hydrogen-bond donors (Lipinski definition) is 0. The molecule has 132 valence electrons. The molecule has 2 saturated heterocycles. The number of carbonyl (C=O) groups excluding carboxylic acids is 2. The number of benzene rings is 1. The molecule has 3 aliphatic rings. The van der Waals surface area contributed by atoms with Crippen LogP contribution in [0.1, 0.15) is 19.4 Å². The van der Waals surface area contributed by atoms with Gasteiger partial charge in [-0.1, -0.05) is 38.1 Å². The molecule has 0 unspecified atom stereocenters. The number of ether oxygens (including phenoxy) is 2. The largest absolute Gasteiger partial charge is 0.465 e. The summed E-state index contributed by atoms with van der Waals surface area (Å²) in [5.74, 6) is -1.16. The molecule has 0 N–H and O–H groups in total. The summed E-state index contributed by atoms with van der Waals surface area (Å²) in [6.45, 7) is 6.79. The van der Waals surface area contributed by atoms with Crippen molar-refractivity contribution in [1.29, 1.82) is 0 Å². The molecule has 0 radical (unpaired) electrons. The molecular weight excluding hydrogens is 318 g/mol. The van der Waals surface area contributed by atoms with Crippen molar-refractivity contribution in [2.45, 2.75) is 32.5 Å². The third-order valence-electron chi connectivity index (χ3n) is 5.24. The van der Waals surface area contributed by atoms with Crippen LogP contribution in [0.2, 0.25) is 0 Å². The lowest BCUT2D eigenvalue weighted by Gasteiger charge is -2.23. The van der Waals surface area contributed by atoms with E-state index in [9.17, 15) is 9.59 Å². The van der Waals surface area contributed by atoms with Crippen molar-refractivity contribution in [3.8, 4) is 0 Å². The number of fused-ring (bicyclic) bond motifs is 1. The second kappa shape index (κ2) is 5.70. The molecule has 3 heterocycles. The van der Waals surface area contributed by atoms with Crippen molar-refractivity contribution in [2.75, 3.05) is 18.1 Å². The van der Waals surface area contributed by atoms with E-state index in [4.69, 9.17) is 9.47 Å². The molecule has 1 amide bonds. The lowest BCUT2D eigenvalue weighted by atomic mass is 9.77. The smallest absolute Gasteiger partial charge is 0.312 e. The Hall–Kier alpha value is -2.14. The summed E-state index contributed by atoms with van der Waals surface area (Å²) in [6, 6.07) is 7.84. The molecule has 4 rings (SSSR count). The summed E-state index contributed by atoms with van der Waals surface area (Å²) in [5, 5.41) is 0. The predicted octanol–water partition coefficient (Wildman–Crippen LogP) is 2.48. The third kappa shape index (κ3) is 2.49. The highest BCUT2D eigenvalue weighted by molar-refractivity contribution is 6.02. The number of hydrogen-bond acceptors (Lipinski definition) is 4. The third-order valence-corrected chi connectivity index (χ3v) is 5.24. The highest BCUT2D eigenvalue weighted by Gasteiger charge is 2.67. The number of anilines is 1. The number of carbonyl (C=O) groups is 2. The standard InChI is InChI=1S/C20H23NO4/c1-12(2)10-24-19(23)16-15-7-8-20(25-15)11-21(18(22)17(16)20)14-6-4-5-13(3)9-14/h4-9,12,15-17H,10-11H2,1-3H3/t15-,16-,17-,20+/m0/s1. The maximum Gasteiger partial charge on any atom is 0.312 e. The molecule has 4 atom stereocenters. The van der Waals surface area contributed by atoms with Gasteiger partial charge in [-0.2, -0.15) is 0 Å². The van der Waals surface area contributed by atoms with Gasteiger partial charge in [0.25, 0.3) is 0 Å². The van der Waals surface area contributed by atoms with Gasteiger partial charge in [-0.05, 0) is 30.5 Å². The van der Waals surface area contributed by atoms with E-state index in [1.807, 2.05) is 57.2 Å². The second-order valence-electron chi connectivity index (χ2n) is 7.69. The molecule has 0 saturated carbocycles. The summed E-state index contributed by atoms with van der Waals surface area (Å²) >= 11 is 0. The molecule has 1 aromatic rings. The van der Waals surface area contributed by atoms with Crippen LogP contribution in [0.25, 0.3) is 0 Å². The predicted molar refractivity (Wildman–Crippen MR) is 93.1 cm³/mol. The van der Waals surface area contributed by atoms with Gasteiger partial charge in [0.2, 0.25) is 5.91 Å². The van der Waals surface area contributed by atoms with Crippen molar-refractivity contribution < 1.29 is 19.1 Å². The zero-order chi connectivity index (χ0) is 17.8. The summed E-state index contributed by atoms with van der Waals surface area (Å²) in [4.78, 5) is 27.5. The van der Waals surface area contributed by atoms with Crippen molar-refractivity contribution in [3.05, 3.63) is 42.0 Å². The summed E-state index contributed by atoms with van der Waals surface area (Å²) in [5.41, 5.74) is 1.24. The number of esters is 1.